The summed E-state index contributed by atoms with van der Waals surface area (Å²) in [7, 11) is 0. The summed E-state index contributed by atoms with van der Waals surface area (Å²) >= 11 is 0. The summed E-state index contributed by atoms with van der Waals surface area (Å²) < 4.78 is 0. The van der Waals surface area contributed by atoms with Crippen molar-refractivity contribution >= 4 is 67.8 Å². The number of para-hydroxylation sites is 2. The minimum absolute atomic E-state index is 1.02. The molecule has 8 aromatic rings. The Morgan fingerprint density at radius 1 is 0.481 bits per heavy atom. The second-order valence-electron chi connectivity index (χ2n) is 13.7. The van der Waals surface area contributed by atoms with Gasteiger partial charge in [-0.05, 0) is 129 Å². The minimum Gasteiger partial charge on any atom is -0.310 e. The van der Waals surface area contributed by atoms with E-state index in [0.29, 0.717) is 0 Å². The van der Waals surface area contributed by atoms with Crippen molar-refractivity contribution in [1.29, 1.82) is 0 Å². The molecule has 0 spiro atoms. The van der Waals surface area contributed by atoms with Gasteiger partial charge in [0.2, 0.25) is 0 Å². The second kappa shape index (κ2) is 14.6. The summed E-state index contributed by atoms with van der Waals surface area (Å²) in [6.45, 7) is 3.94. The van der Waals surface area contributed by atoms with Crippen molar-refractivity contribution in [2.45, 2.75) is 12.8 Å². The zero-order valence-electron chi connectivity index (χ0n) is 30.1. The van der Waals surface area contributed by atoms with E-state index in [1.807, 2.05) is 12.2 Å². The SMILES string of the molecule is C=C/C=C\c1cc2ccccc2cc1N(c1ccccc1)c1ccc(-c2ccc(N(c3ccccc3)c3cc4ccccc4c4c3CCC=C4)cc2)cc1. The number of hydrogen-bond acceptors (Lipinski definition) is 2. The lowest BCUT2D eigenvalue weighted by Gasteiger charge is -2.30. The van der Waals surface area contributed by atoms with E-state index in [-0.39, 0.29) is 0 Å². The summed E-state index contributed by atoms with van der Waals surface area (Å²) in [4.78, 5) is 4.77. The molecule has 0 atom stereocenters. The molecule has 0 amide bonds. The predicted octanol–water partition coefficient (Wildman–Crippen LogP) is 14.8. The Labute approximate surface area is 317 Å². The van der Waals surface area contributed by atoms with Gasteiger partial charge in [0.25, 0.3) is 0 Å². The molecule has 0 aromatic heterocycles. The maximum atomic E-state index is 3.94. The molecule has 0 fully saturated rings. The average molecular weight is 693 g/mol. The van der Waals surface area contributed by atoms with E-state index in [2.05, 4.69) is 211 Å². The molecule has 0 N–H and O–H groups in total. The van der Waals surface area contributed by atoms with Gasteiger partial charge >= 0.3 is 0 Å². The molecule has 0 saturated heterocycles. The van der Waals surface area contributed by atoms with Crippen molar-refractivity contribution in [2.24, 2.45) is 0 Å². The molecule has 1 aliphatic carbocycles. The topological polar surface area (TPSA) is 6.48 Å². The maximum Gasteiger partial charge on any atom is 0.0540 e. The summed E-state index contributed by atoms with van der Waals surface area (Å²) in [5.41, 5.74) is 13.1. The lowest BCUT2D eigenvalue weighted by atomic mass is 9.89. The van der Waals surface area contributed by atoms with Crippen LogP contribution in [0.4, 0.5) is 34.1 Å². The van der Waals surface area contributed by atoms with E-state index in [1.54, 1.807) is 0 Å². The molecule has 2 nitrogen and oxygen atoms in total. The van der Waals surface area contributed by atoms with Crippen molar-refractivity contribution in [1.82, 2.24) is 0 Å². The quantitative estimate of drug-likeness (QED) is 0.139. The van der Waals surface area contributed by atoms with E-state index < -0.39 is 0 Å². The Kier molecular flexibility index (Phi) is 8.92. The van der Waals surface area contributed by atoms with Gasteiger partial charge in [-0.1, -0.05) is 146 Å². The van der Waals surface area contributed by atoms with Crippen molar-refractivity contribution in [3.63, 3.8) is 0 Å². The molecule has 258 valence electrons. The highest BCUT2D eigenvalue weighted by molar-refractivity contribution is 5.99. The van der Waals surface area contributed by atoms with Gasteiger partial charge in [-0.15, -0.1) is 0 Å². The molecular formula is C52H40N2. The molecule has 0 bridgehead atoms. The second-order valence-corrected chi connectivity index (χ2v) is 13.7. The summed E-state index contributed by atoms with van der Waals surface area (Å²) in [5, 5.41) is 4.98. The first kappa shape index (κ1) is 33.0. The summed E-state index contributed by atoms with van der Waals surface area (Å²) in [6.07, 6.45) is 12.7. The van der Waals surface area contributed by atoms with Gasteiger partial charge in [0.15, 0.2) is 0 Å². The number of allylic oxidation sites excluding steroid dienone is 3. The van der Waals surface area contributed by atoms with Crippen LogP contribution in [0.1, 0.15) is 23.1 Å². The third-order valence-electron chi connectivity index (χ3n) is 10.4. The molecule has 0 unspecified atom stereocenters. The lowest BCUT2D eigenvalue weighted by Crippen LogP contribution is -2.14. The molecular weight excluding hydrogens is 653 g/mol. The van der Waals surface area contributed by atoms with Crippen LogP contribution in [0.15, 0.2) is 201 Å². The fraction of sp³-hybridized carbons (Fsp3) is 0.0385. The summed E-state index contributed by atoms with van der Waals surface area (Å²) in [5.74, 6) is 0. The highest BCUT2D eigenvalue weighted by Gasteiger charge is 2.22. The smallest absolute Gasteiger partial charge is 0.0540 e. The summed E-state index contributed by atoms with van der Waals surface area (Å²) in [6, 6.07) is 63.6. The lowest BCUT2D eigenvalue weighted by molar-refractivity contribution is 0.983. The minimum atomic E-state index is 1.02. The molecule has 0 heterocycles. The van der Waals surface area contributed by atoms with Gasteiger partial charge in [-0.3, -0.25) is 0 Å². The van der Waals surface area contributed by atoms with Crippen LogP contribution in [-0.2, 0) is 6.42 Å². The monoisotopic (exact) mass is 692 g/mol. The van der Waals surface area contributed by atoms with Gasteiger partial charge in [0.05, 0.1) is 11.4 Å². The zero-order chi connectivity index (χ0) is 36.3. The Hall–Kier alpha value is -6.90. The van der Waals surface area contributed by atoms with Crippen molar-refractivity contribution in [3.8, 4) is 11.1 Å². The first-order chi connectivity index (χ1) is 26.7. The van der Waals surface area contributed by atoms with Crippen molar-refractivity contribution in [3.05, 3.63) is 217 Å². The molecule has 0 aliphatic heterocycles. The Morgan fingerprint density at radius 2 is 0.981 bits per heavy atom. The molecule has 1 aliphatic rings. The highest BCUT2D eigenvalue weighted by atomic mass is 15.1. The van der Waals surface area contributed by atoms with E-state index in [1.165, 1.54) is 49.5 Å². The number of benzene rings is 8. The average Bonchev–Trinajstić information content (AvgIpc) is 3.24. The third-order valence-corrected chi connectivity index (χ3v) is 10.4. The largest absolute Gasteiger partial charge is 0.310 e. The van der Waals surface area contributed by atoms with E-state index in [0.717, 1.165) is 46.8 Å². The van der Waals surface area contributed by atoms with Gasteiger partial charge in [-0.2, -0.15) is 0 Å². The van der Waals surface area contributed by atoms with Gasteiger partial charge < -0.3 is 9.80 Å². The Morgan fingerprint density at radius 3 is 1.59 bits per heavy atom. The number of anilines is 6. The van der Waals surface area contributed by atoms with Gasteiger partial charge in [0.1, 0.15) is 0 Å². The molecule has 54 heavy (non-hydrogen) atoms. The zero-order valence-corrected chi connectivity index (χ0v) is 30.1. The van der Waals surface area contributed by atoms with Crippen LogP contribution in [0, 0.1) is 0 Å². The Balaban J connectivity index is 1.10. The fourth-order valence-electron chi connectivity index (χ4n) is 7.84. The van der Waals surface area contributed by atoms with Crippen LogP contribution in [-0.4, -0.2) is 0 Å². The number of nitrogens with zero attached hydrogens (tertiary/aromatic N) is 2. The number of fused-ring (bicyclic) bond motifs is 4. The molecule has 0 radical (unpaired) electrons. The van der Waals surface area contributed by atoms with Crippen LogP contribution in [0.2, 0.25) is 0 Å². The van der Waals surface area contributed by atoms with Crippen LogP contribution in [0.25, 0.3) is 44.8 Å². The van der Waals surface area contributed by atoms with Crippen LogP contribution < -0.4 is 9.80 Å². The Bertz CT molecular complexity index is 2650. The first-order valence-corrected chi connectivity index (χ1v) is 18.7. The van der Waals surface area contributed by atoms with Crippen molar-refractivity contribution < 1.29 is 0 Å². The normalized spacial score (nSPS) is 12.2. The van der Waals surface area contributed by atoms with E-state index in [9.17, 15) is 0 Å². The molecule has 0 saturated carbocycles. The third kappa shape index (κ3) is 6.29. The number of rotatable bonds is 9. The molecule has 2 heteroatoms. The van der Waals surface area contributed by atoms with E-state index >= 15 is 0 Å². The van der Waals surface area contributed by atoms with Gasteiger partial charge in [-0.25, -0.2) is 0 Å². The van der Waals surface area contributed by atoms with Crippen LogP contribution in [0.5, 0.6) is 0 Å². The molecule has 8 aromatic carbocycles. The fourth-order valence-corrected chi connectivity index (χ4v) is 7.84. The molecule has 9 rings (SSSR count). The van der Waals surface area contributed by atoms with Crippen LogP contribution >= 0.6 is 0 Å². The predicted molar refractivity (Wildman–Crippen MR) is 233 cm³/mol. The standard InChI is InChI=1S/C52H40N2/c1-2-3-16-43-35-40-17-10-11-18-41(40)36-51(43)53(44-20-6-4-7-21-44)46-31-27-38(28-32-46)39-29-33-47(34-30-39)54(45-22-8-5-9-23-45)52-37-42-19-12-13-24-48(42)49-25-14-15-26-50(49)52/h2-14,16-25,27-37H,1,15,26H2/b16-3-. The van der Waals surface area contributed by atoms with Crippen LogP contribution in [0.3, 0.4) is 0 Å². The van der Waals surface area contributed by atoms with E-state index in [4.69, 9.17) is 0 Å². The van der Waals surface area contributed by atoms with Crippen molar-refractivity contribution in [2.75, 3.05) is 9.80 Å². The highest BCUT2D eigenvalue weighted by Crippen LogP contribution is 2.44. The van der Waals surface area contributed by atoms with Gasteiger partial charge in [0, 0.05) is 22.7 Å². The maximum absolute atomic E-state index is 3.94. The number of hydrogen-bond donors (Lipinski definition) is 0. The first-order valence-electron chi connectivity index (χ1n) is 18.7.